The lowest BCUT2D eigenvalue weighted by Gasteiger charge is -2.32. The van der Waals surface area contributed by atoms with Crippen LogP contribution in [0.2, 0.25) is 0 Å². The smallest absolute Gasteiger partial charge is 0.354 e. The van der Waals surface area contributed by atoms with Gasteiger partial charge in [-0.3, -0.25) is 10.2 Å². The number of fused-ring (bicyclic) bond motifs is 2. The highest BCUT2D eigenvalue weighted by Gasteiger charge is 2.23. The summed E-state index contributed by atoms with van der Waals surface area (Å²) in [6.45, 7) is 0.893. The van der Waals surface area contributed by atoms with E-state index < -0.39 is 17.6 Å². The number of benzene rings is 4. The summed E-state index contributed by atoms with van der Waals surface area (Å²) in [6.07, 6.45) is 3.32. The first-order chi connectivity index (χ1) is 17.5. The number of carboxylic acid groups (broad SMARTS) is 1. The minimum absolute atomic E-state index is 0.201. The zero-order valence-corrected chi connectivity index (χ0v) is 19.6. The molecule has 3 N–H and O–H groups in total. The van der Waals surface area contributed by atoms with Gasteiger partial charge in [-0.15, -0.1) is 0 Å². The van der Waals surface area contributed by atoms with Crippen LogP contribution in [0.1, 0.15) is 17.5 Å². The maximum atomic E-state index is 12.9. The van der Waals surface area contributed by atoms with Crippen LogP contribution in [0.25, 0.3) is 16.8 Å². The monoisotopic (exact) mass is 475 g/mol. The molecule has 36 heavy (non-hydrogen) atoms. The van der Waals surface area contributed by atoms with Crippen molar-refractivity contribution in [1.82, 2.24) is 0 Å². The van der Waals surface area contributed by atoms with Gasteiger partial charge in [-0.05, 0) is 65.8 Å². The molecule has 5 rings (SSSR count). The number of amides is 1. The fourth-order valence-electron chi connectivity index (χ4n) is 4.65. The fourth-order valence-corrected chi connectivity index (χ4v) is 4.65. The topological polar surface area (TPSA) is 93.5 Å². The van der Waals surface area contributed by atoms with Crippen molar-refractivity contribution in [2.45, 2.75) is 12.8 Å². The third-order valence-corrected chi connectivity index (χ3v) is 6.35. The van der Waals surface area contributed by atoms with Crippen molar-refractivity contribution in [3.63, 3.8) is 0 Å². The van der Waals surface area contributed by atoms with Gasteiger partial charge in [-0.1, -0.05) is 60.7 Å². The summed E-state index contributed by atoms with van der Waals surface area (Å²) >= 11 is 0. The van der Waals surface area contributed by atoms with Gasteiger partial charge in [0, 0.05) is 29.0 Å². The summed E-state index contributed by atoms with van der Waals surface area (Å²) in [7, 11) is 0. The van der Waals surface area contributed by atoms with E-state index in [-0.39, 0.29) is 5.57 Å². The number of hydrogen-bond donors (Lipinski definition) is 3. The molecule has 1 heterocycles. The second-order valence-corrected chi connectivity index (χ2v) is 8.70. The van der Waals surface area contributed by atoms with Gasteiger partial charge < -0.3 is 15.3 Å². The van der Waals surface area contributed by atoms with Gasteiger partial charge in [0.1, 0.15) is 0 Å². The number of nitrogens with one attached hydrogen (secondary N) is 2. The van der Waals surface area contributed by atoms with Crippen LogP contribution in [-0.2, 0) is 16.0 Å². The average Bonchev–Trinajstić information content (AvgIpc) is 2.91. The molecule has 0 unspecified atom stereocenters. The molecule has 6 heteroatoms. The van der Waals surface area contributed by atoms with Crippen LogP contribution in [0.4, 0.5) is 17.1 Å². The maximum absolute atomic E-state index is 12.9. The molecule has 0 radical (unpaired) electrons. The summed E-state index contributed by atoms with van der Waals surface area (Å²) in [5, 5.41) is 22.5. The van der Waals surface area contributed by atoms with Crippen molar-refractivity contribution in [3.05, 3.63) is 108 Å². The molecule has 1 aliphatic heterocycles. The molecule has 0 spiro atoms. The van der Waals surface area contributed by atoms with E-state index in [0.29, 0.717) is 11.3 Å². The van der Waals surface area contributed by atoms with Gasteiger partial charge in [0.15, 0.2) is 5.71 Å². The van der Waals surface area contributed by atoms with E-state index in [2.05, 4.69) is 40.5 Å². The number of para-hydroxylation sites is 1. The fraction of sp³-hybridized carbons (Fsp3) is 0.100. The molecular formula is C30H25N3O3. The van der Waals surface area contributed by atoms with E-state index in [1.807, 2.05) is 36.4 Å². The van der Waals surface area contributed by atoms with Crippen LogP contribution in [0.3, 0.4) is 0 Å². The zero-order valence-electron chi connectivity index (χ0n) is 19.6. The zero-order chi connectivity index (χ0) is 25.1. The van der Waals surface area contributed by atoms with Crippen molar-refractivity contribution in [2.75, 3.05) is 16.8 Å². The molecule has 0 bridgehead atoms. The normalized spacial score (nSPS) is 13.2. The molecule has 0 aromatic heterocycles. The van der Waals surface area contributed by atoms with E-state index in [1.54, 1.807) is 24.3 Å². The predicted octanol–water partition coefficient (Wildman–Crippen LogP) is 6.05. The highest BCUT2D eigenvalue weighted by molar-refractivity contribution is 6.50. The summed E-state index contributed by atoms with van der Waals surface area (Å²) < 4.78 is 0. The average molecular weight is 476 g/mol. The van der Waals surface area contributed by atoms with Crippen molar-refractivity contribution >= 4 is 51.5 Å². The summed E-state index contributed by atoms with van der Waals surface area (Å²) in [5.41, 5.74) is 3.62. The number of aryl methyl sites for hydroxylation is 1. The Balaban J connectivity index is 1.51. The molecule has 4 aromatic rings. The van der Waals surface area contributed by atoms with Gasteiger partial charge in [0.2, 0.25) is 0 Å². The quantitative estimate of drug-likeness (QED) is 0.234. The van der Waals surface area contributed by atoms with Gasteiger partial charge >= 0.3 is 5.97 Å². The van der Waals surface area contributed by atoms with Crippen LogP contribution >= 0.6 is 0 Å². The maximum Gasteiger partial charge on any atom is 0.354 e. The standard InChI is InChI=1S/C30H25N3O3/c31-28(30(35)36)25(29(34)32-23-11-2-1-3-12-23)19-20-15-16-26-22(18-20)10-7-17-33(26)27-14-6-9-21-8-4-5-13-24(21)27/h1-6,8-9,11-16,18-19,31H,7,10,17H2,(H,32,34)(H,35,36)/b25-19-,31-28?. The minimum Gasteiger partial charge on any atom is -0.477 e. The number of carboxylic acids is 1. The van der Waals surface area contributed by atoms with Gasteiger partial charge in [-0.2, -0.15) is 0 Å². The first kappa shape index (κ1) is 23.1. The molecule has 0 saturated carbocycles. The highest BCUT2D eigenvalue weighted by atomic mass is 16.4. The van der Waals surface area contributed by atoms with Crippen LogP contribution in [-0.4, -0.2) is 29.2 Å². The van der Waals surface area contributed by atoms with Crippen molar-refractivity contribution < 1.29 is 14.7 Å². The Morgan fingerprint density at radius 3 is 2.44 bits per heavy atom. The number of aliphatic carboxylic acids is 1. The predicted molar refractivity (Wildman–Crippen MR) is 144 cm³/mol. The highest BCUT2D eigenvalue weighted by Crippen LogP contribution is 2.38. The molecule has 0 saturated heterocycles. The number of anilines is 3. The number of carbonyl (C=O) groups is 2. The largest absolute Gasteiger partial charge is 0.477 e. The number of hydrogen-bond acceptors (Lipinski definition) is 4. The van der Waals surface area contributed by atoms with Gasteiger partial charge in [-0.25, -0.2) is 4.79 Å². The van der Waals surface area contributed by atoms with E-state index in [1.165, 1.54) is 16.8 Å². The van der Waals surface area contributed by atoms with Crippen LogP contribution < -0.4 is 10.2 Å². The van der Waals surface area contributed by atoms with Crippen LogP contribution in [0.15, 0.2) is 96.6 Å². The minimum atomic E-state index is -1.45. The van der Waals surface area contributed by atoms with Crippen molar-refractivity contribution in [3.8, 4) is 0 Å². The molecule has 6 nitrogen and oxygen atoms in total. The third kappa shape index (κ3) is 4.61. The molecule has 0 fully saturated rings. The van der Waals surface area contributed by atoms with Crippen molar-refractivity contribution in [1.29, 1.82) is 5.41 Å². The van der Waals surface area contributed by atoms with Gasteiger partial charge in [0.25, 0.3) is 5.91 Å². The Kier molecular flexibility index (Phi) is 6.33. The lowest BCUT2D eigenvalue weighted by Crippen LogP contribution is -2.25. The SMILES string of the molecule is N=C(C(=O)O)/C(=C/c1ccc2c(c1)CCCN2c1cccc2ccccc12)C(=O)Nc1ccccc1. The first-order valence-electron chi connectivity index (χ1n) is 11.8. The first-order valence-corrected chi connectivity index (χ1v) is 11.8. The van der Waals surface area contributed by atoms with E-state index in [4.69, 9.17) is 5.41 Å². The third-order valence-electron chi connectivity index (χ3n) is 6.35. The summed E-state index contributed by atoms with van der Waals surface area (Å²) in [4.78, 5) is 26.8. The van der Waals surface area contributed by atoms with E-state index in [0.717, 1.165) is 36.3 Å². The molecular weight excluding hydrogens is 450 g/mol. The number of rotatable bonds is 6. The molecule has 1 aliphatic rings. The second kappa shape index (κ2) is 9.88. The van der Waals surface area contributed by atoms with Crippen molar-refractivity contribution in [2.24, 2.45) is 0 Å². The van der Waals surface area contributed by atoms with Gasteiger partial charge in [0.05, 0.1) is 5.57 Å². The molecule has 1 amide bonds. The van der Waals surface area contributed by atoms with Crippen LogP contribution in [0, 0.1) is 5.41 Å². The number of nitrogens with zero attached hydrogens (tertiary/aromatic N) is 1. The lowest BCUT2D eigenvalue weighted by atomic mass is 9.96. The second-order valence-electron chi connectivity index (χ2n) is 8.70. The van der Waals surface area contributed by atoms with Crippen LogP contribution in [0.5, 0.6) is 0 Å². The summed E-state index contributed by atoms with van der Waals surface area (Å²) in [6, 6.07) is 29.3. The summed E-state index contributed by atoms with van der Waals surface area (Å²) in [5.74, 6) is -2.09. The Labute approximate surface area is 209 Å². The van der Waals surface area contributed by atoms with E-state index >= 15 is 0 Å². The Morgan fingerprint density at radius 2 is 1.64 bits per heavy atom. The Bertz CT molecular complexity index is 1500. The molecule has 0 atom stereocenters. The number of carbonyl (C=O) groups excluding carboxylic acids is 1. The Hall–Kier alpha value is -4.71. The Morgan fingerprint density at radius 1 is 0.889 bits per heavy atom. The molecule has 178 valence electrons. The van der Waals surface area contributed by atoms with E-state index in [9.17, 15) is 14.7 Å². The molecule has 0 aliphatic carbocycles. The lowest BCUT2D eigenvalue weighted by molar-refractivity contribution is -0.129. The molecule has 4 aromatic carbocycles.